The average Bonchev–Trinajstić information content (AvgIpc) is 3.11. The van der Waals surface area contributed by atoms with Crippen LogP contribution in [0.5, 0.6) is 11.5 Å². The summed E-state index contributed by atoms with van der Waals surface area (Å²) in [6, 6.07) is 17.3. The summed E-state index contributed by atoms with van der Waals surface area (Å²) in [5.41, 5.74) is 2.23. The van der Waals surface area contributed by atoms with E-state index in [4.69, 9.17) is 13.9 Å². The Morgan fingerprint density at radius 3 is 2.70 bits per heavy atom. The monoisotopic (exact) mass is 361 g/mol. The Balaban J connectivity index is 1.63. The highest BCUT2D eigenvalue weighted by atomic mass is 16.5. The molecule has 1 aromatic heterocycles. The van der Waals surface area contributed by atoms with E-state index in [-0.39, 0.29) is 12.3 Å². The zero-order valence-electron chi connectivity index (χ0n) is 15.1. The number of fused-ring (bicyclic) bond motifs is 3. The summed E-state index contributed by atoms with van der Waals surface area (Å²) in [7, 11) is 3.14. The largest absolute Gasteiger partial charge is 0.497 e. The smallest absolute Gasteiger partial charge is 0.229 e. The van der Waals surface area contributed by atoms with Crippen LogP contribution >= 0.6 is 0 Å². The molecular formula is C22H19NO4. The van der Waals surface area contributed by atoms with E-state index in [1.54, 1.807) is 38.7 Å². The first-order valence-electron chi connectivity index (χ1n) is 8.59. The minimum Gasteiger partial charge on any atom is -0.497 e. The van der Waals surface area contributed by atoms with Gasteiger partial charge in [0.25, 0.3) is 0 Å². The van der Waals surface area contributed by atoms with Crippen molar-refractivity contribution >= 4 is 33.3 Å². The van der Waals surface area contributed by atoms with Crippen LogP contribution < -0.4 is 14.8 Å². The molecule has 0 radical (unpaired) electrons. The summed E-state index contributed by atoms with van der Waals surface area (Å²) in [4.78, 5) is 12.6. The van der Waals surface area contributed by atoms with Crippen molar-refractivity contribution in [3.05, 3.63) is 66.4 Å². The lowest BCUT2D eigenvalue weighted by Crippen LogP contribution is -2.14. The summed E-state index contributed by atoms with van der Waals surface area (Å²) in [5.74, 6) is 1.07. The zero-order valence-corrected chi connectivity index (χ0v) is 15.1. The number of rotatable bonds is 5. The van der Waals surface area contributed by atoms with Crippen LogP contribution in [0.2, 0.25) is 0 Å². The first-order valence-corrected chi connectivity index (χ1v) is 8.59. The number of hydrogen-bond donors (Lipinski definition) is 1. The molecule has 136 valence electrons. The van der Waals surface area contributed by atoms with Gasteiger partial charge in [0.15, 0.2) is 0 Å². The van der Waals surface area contributed by atoms with E-state index in [0.717, 1.165) is 27.3 Å². The van der Waals surface area contributed by atoms with Gasteiger partial charge in [0.2, 0.25) is 5.91 Å². The average molecular weight is 361 g/mol. The maximum absolute atomic E-state index is 12.6. The van der Waals surface area contributed by atoms with Crippen molar-refractivity contribution < 1.29 is 18.7 Å². The van der Waals surface area contributed by atoms with Crippen molar-refractivity contribution in [2.24, 2.45) is 0 Å². The van der Waals surface area contributed by atoms with Crippen molar-refractivity contribution in [3.63, 3.8) is 0 Å². The SMILES string of the molecule is COc1ccc(NC(=O)Cc2coc3ccc4ccccc4c23)c(OC)c1. The topological polar surface area (TPSA) is 60.7 Å². The lowest BCUT2D eigenvalue weighted by Gasteiger charge is -2.11. The molecule has 0 aliphatic carbocycles. The van der Waals surface area contributed by atoms with E-state index in [1.165, 1.54) is 0 Å². The molecule has 4 rings (SSSR count). The molecule has 27 heavy (non-hydrogen) atoms. The van der Waals surface area contributed by atoms with Gasteiger partial charge < -0.3 is 19.2 Å². The minimum absolute atomic E-state index is 0.144. The maximum Gasteiger partial charge on any atom is 0.229 e. The number of furan rings is 1. The molecule has 3 aromatic carbocycles. The Kier molecular flexibility index (Phi) is 4.42. The maximum atomic E-state index is 12.6. The fourth-order valence-corrected chi connectivity index (χ4v) is 3.27. The number of benzene rings is 3. The van der Waals surface area contributed by atoms with Gasteiger partial charge in [0.1, 0.15) is 17.1 Å². The van der Waals surface area contributed by atoms with Gasteiger partial charge in [-0.1, -0.05) is 30.3 Å². The highest BCUT2D eigenvalue weighted by Crippen LogP contribution is 2.31. The predicted octanol–water partition coefficient (Wildman–Crippen LogP) is 4.78. The molecule has 1 N–H and O–H groups in total. The van der Waals surface area contributed by atoms with E-state index in [0.29, 0.717) is 17.2 Å². The van der Waals surface area contributed by atoms with Gasteiger partial charge in [-0.05, 0) is 29.0 Å². The molecule has 0 aliphatic heterocycles. The highest BCUT2D eigenvalue weighted by Gasteiger charge is 2.15. The standard InChI is InChI=1S/C22H19NO4/c1-25-16-8-9-18(20(12-16)26-2)23-21(24)11-15-13-27-19-10-7-14-5-3-4-6-17(14)22(15)19/h3-10,12-13H,11H2,1-2H3,(H,23,24). The summed E-state index contributed by atoms with van der Waals surface area (Å²) in [5, 5.41) is 6.07. The van der Waals surface area contributed by atoms with Crippen LogP contribution in [0.25, 0.3) is 21.7 Å². The van der Waals surface area contributed by atoms with Crippen molar-refractivity contribution in [1.29, 1.82) is 0 Å². The van der Waals surface area contributed by atoms with Crippen molar-refractivity contribution in [2.45, 2.75) is 6.42 Å². The molecule has 0 aliphatic rings. The highest BCUT2D eigenvalue weighted by molar-refractivity contribution is 6.09. The lowest BCUT2D eigenvalue weighted by molar-refractivity contribution is -0.115. The Morgan fingerprint density at radius 2 is 1.89 bits per heavy atom. The Hall–Kier alpha value is -3.47. The third kappa shape index (κ3) is 3.19. The van der Waals surface area contributed by atoms with E-state index in [2.05, 4.69) is 5.32 Å². The fourth-order valence-electron chi connectivity index (χ4n) is 3.27. The number of hydrogen-bond acceptors (Lipinski definition) is 4. The van der Waals surface area contributed by atoms with Crippen LogP contribution in [0, 0.1) is 0 Å². The first kappa shape index (κ1) is 17.0. The summed E-state index contributed by atoms with van der Waals surface area (Å²) < 4.78 is 16.2. The second-order valence-corrected chi connectivity index (χ2v) is 6.21. The van der Waals surface area contributed by atoms with Gasteiger partial charge >= 0.3 is 0 Å². The van der Waals surface area contributed by atoms with Crippen LogP contribution in [0.3, 0.4) is 0 Å². The number of anilines is 1. The molecule has 0 saturated carbocycles. The van der Waals surface area contributed by atoms with E-state index in [1.807, 2.05) is 36.4 Å². The third-order valence-electron chi connectivity index (χ3n) is 4.57. The van der Waals surface area contributed by atoms with E-state index >= 15 is 0 Å². The van der Waals surface area contributed by atoms with Gasteiger partial charge in [0.05, 0.1) is 32.6 Å². The molecule has 5 heteroatoms. The third-order valence-corrected chi connectivity index (χ3v) is 4.57. The van der Waals surface area contributed by atoms with Gasteiger partial charge in [0, 0.05) is 17.0 Å². The number of carbonyl (C=O) groups excluding carboxylic acids is 1. The van der Waals surface area contributed by atoms with Crippen LogP contribution in [0.1, 0.15) is 5.56 Å². The molecule has 0 unspecified atom stereocenters. The molecule has 1 amide bonds. The summed E-state index contributed by atoms with van der Waals surface area (Å²) in [6.45, 7) is 0. The normalized spacial score (nSPS) is 10.9. The number of amides is 1. The lowest BCUT2D eigenvalue weighted by atomic mass is 10.0. The van der Waals surface area contributed by atoms with Crippen LogP contribution in [-0.2, 0) is 11.2 Å². The molecule has 0 bridgehead atoms. The Labute approximate surface area is 156 Å². The van der Waals surface area contributed by atoms with Gasteiger partial charge in [-0.15, -0.1) is 0 Å². The van der Waals surface area contributed by atoms with Gasteiger partial charge in [-0.3, -0.25) is 4.79 Å². The zero-order chi connectivity index (χ0) is 18.8. The molecule has 4 aromatic rings. The Morgan fingerprint density at radius 1 is 1.04 bits per heavy atom. The van der Waals surface area contributed by atoms with Crippen molar-refractivity contribution in [1.82, 2.24) is 0 Å². The van der Waals surface area contributed by atoms with Crippen molar-refractivity contribution in [3.8, 4) is 11.5 Å². The van der Waals surface area contributed by atoms with Crippen LogP contribution in [-0.4, -0.2) is 20.1 Å². The van der Waals surface area contributed by atoms with Gasteiger partial charge in [-0.2, -0.15) is 0 Å². The quantitative estimate of drug-likeness (QED) is 0.555. The molecule has 0 fully saturated rings. The van der Waals surface area contributed by atoms with E-state index < -0.39 is 0 Å². The van der Waals surface area contributed by atoms with Crippen molar-refractivity contribution in [2.75, 3.05) is 19.5 Å². The predicted molar refractivity (Wildman–Crippen MR) is 106 cm³/mol. The molecule has 0 spiro atoms. The molecule has 5 nitrogen and oxygen atoms in total. The first-order chi connectivity index (χ1) is 13.2. The fraction of sp³-hybridized carbons (Fsp3) is 0.136. The summed E-state index contributed by atoms with van der Waals surface area (Å²) in [6.07, 6.45) is 1.86. The number of ether oxygens (including phenoxy) is 2. The molecule has 1 heterocycles. The number of nitrogens with one attached hydrogen (secondary N) is 1. The molecular weight excluding hydrogens is 342 g/mol. The molecule has 0 atom stereocenters. The van der Waals surface area contributed by atoms with Gasteiger partial charge in [-0.25, -0.2) is 0 Å². The van der Waals surface area contributed by atoms with Crippen LogP contribution in [0.4, 0.5) is 5.69 Å². The minimum atomic E-state index is -0.144. The Bertz CT molecular complexity index is 1130. The number of carbonyl (C=O) groups is 1. The summed E-state index contributed by atoms with van der Waals surface area (Å²) >= 11 is 0. The van der Waals surface area contributed by atoms with E-state index in [9.17, 15) is 4.79 Å². The second-order valence-electron chi connectivity index (χ2n) is 6.21. The van der Waals surface area contributed by atoms with Crippen LogP contribution in [0.15, 0.2) is 65.3 Å². The molecule has 0 saturated heterocycles. The second kappa shape index (κ2) is 7.03. The number of methoxy groups -OCH3 is 2.